The maximum Gasteiger partial charge on any atom is 0.239 e. The van der Waals surface area contributed by atoms with Crippen LogP contribution >= 0.6 is 0 Å². The zero-order valence-electron chi connectivity index (χ0n) is 12.7. The van der Waals surface area contributed by atoms with E-state index in [-0.39, 0.29) is 11.9 Å². The Hall–Kier alpha value is -1.47. The molecule has 0 radical (unpaired) electrons. The second-order valence-corrected chi connectivity index (χ2v) is 5.84. The number of nitrogens with zero attached hydrogens (tertiary/aromatic N) is 4. The predicted octanol–water partition coefficient (Wildman–Crippen LogP) is -0.262. The number of hydrogen-bond acceptors (Lipinski definition) is 5. The lowest BCUT2D eigenvalue weighted by atomic mass is 10.1. The molecule has 7 heteroatoms. The highest BCUT2D eigenvalue weighted by Crippen LogP contribution is 2.15. The third-order valence-electron chi connectivity index (χ3n) is 4.31. The second kappa shape index (κ2) is 6.11. The number of nitrogens with one attached hydrogen (secondary N) is 1. The summed E-state index contributed by atoms with van der Waals surface area (Å²) in [4.78, 5) is 14.3. The number of carbonyl (C=O) groups excluding carboxylic acids is 1. The first-order valence-electron chi connectivity index (χ1n) is 7.66. The van der Waals surface area contributed by atoms with Gasteiger partial charge in [-0.15, -0.1) is 10.2 Å². The molecule has 2 aliphatic rings. The molecule has 2 atom stereocenters. The standard InChI is InChI=1S/C14H23N5O2/c1-10(14(20)18-5-7-21-8-6-18)15-12-3-4-13-17-16-11(2)19(13)9-12/h10,12,15H,3-9H2,1-2H3/t10-,12+/m0/s1. The Labute approximate surface area is 124 Å². The van der Waals surface area contributed by atoms with E-state index in [0.29, 0.717) is 32.3 Å². The van der Waals surface area contributed by atoms with Gasteiger partial charge in [0.05, 0.1) is 19.3 Å². The molecular weight excluding hydrogens is 270 g/mol. The minimum atomic E-state index is -0.161. The van der Waals surface area contributed by atoms with Gasteiger partial charge in [-0.2, -0.15) is 0 Å². The lowest BCUT2D eigenvalue weighted by molar-refractivity contribution is -0.137. The van der Waals surface area contributed by atoms with Crippen LogP contribution in [0, 0.1) is 6.92 Å². The first kappa shape index (κ1) is 14.5. The van der Waals surface area contributed by atoms with Crippen LogP contribution in [0.15, 0.2) is 0 Å². The fourth-order valence-electron chi connectivity index (χ4n) is 3.08. The van der Waals surface area contributed by atoms with E-state index in [1.165, 1.54) is 0 Å². The molecule has 0 aliphatic carbocycles. The van der Waals surface area contributed by atoms with Gasteiger partial charge in [-0.3, -0.25) is 4.79 Å². The van der Waals surface area contributed by atoms with Crippen LogP contribution in [0.2, 0.25) is 0 Å². The van der Waals surface area contributed by atoms with Gasteiger partial charge in [0.25, 0.3) is 0 Å². The molecule has 0 aromatic carbocycles. The number of morpholine rings is 1. The Bertz CT molecular complexity index is 509. The van der Waals surface area contributed by atoms with E-state index < -0.39 is 0 Å². The zero-order chi connectivity index (χ0) is 14.8. The quantitative estimate of drug-likeness (QED) is 0.831. The maximum absolute atomic E-state index is 12.4. The van der Waals surface area contributed by atoms with Gasteiger partial charge in [-0.1, -0.05) is 0 Å². The van der Waals surface area contributed by atoms with Gasteiger partial charge >= 0.3 is 0 Å². The summed E-state index contributed by atoms with van der Waals surface area (Å²) in [6.45, 7) is 7.45. The van der Waals surface area contributed by atoms with Crippen LogP contribution in [0.5, 0.6) is 0 Å². The normalized spacial score (nSPS) is 23.7. The van der Waals surface area contributed by atoms with Crippen LogP contribution < -0.4 is 5.32 Å². The molecule has 1 aromatic heterocycles. The van der Waals surface area contributed by atoms with Crippen molar-refractivity contribution in [2.75, 3.05) is 26.3 Å². The van der Waals surface area contributed by atoms with Gasteiger partial charge in [-0.05, 0) is 20.3 Å². The minimum Gasteiger partial charge on any atom is -0.378 e. The molecule has 3 rings (SSSR count). The number of rotatable bonds is 3. The van der Waals surface area contributed by atoms with Gasteiger partial charge in [0, 0.05) is 32.1 Å². The number of ether oxygens (including phenoxy) is 1. The molecule has 0 bridgehead atoms. The van der Waals surface area contributed by atoms with Gasteiger partial charge in [0.15, 0.2) is 0 Å². The van der Waals surface area contributed by atoms with Gasteiger partial charge in [-0.25, -0.2) is 0 Å². The van der Waals surface area contributed by atoms with E-state index in [4.69, 9.17) is 4.74 Å². The van der Waals surface area contributed by atoms with Gasteiger partial charge < -0.3 is 19.5 Å². The highest BCUT2D eigenvalue weighted by Gasteiger charge is 2.27. The molecule has 1 saturated heterocycles. The van der Waals surface area contributed by atoms with Crippen LogP contribution in [-0.4, -0.2) is 64.0 Å². The number of amides is 1. The van der Waals surface area contributed by atoms with Crippen molar-refractivity contribution in [3.63, 3.8) is 0 Å². The molecule has 116 valence electrons. The molecule has 1 fully saturated rings. The van der Waals surface area contributed by atoms with E-state index >= 15 is 0 Å². The summed E-state index contributed by atoms with van der Waals surface area (Å²) in [6, 6.07) is 0.138. The fraction of sp³-hybridized carbons (Fsp3) is 0.786. The number of hydrogen-bond donors (Lipinski definition) is 1. The van der Waals surface area contributed by atoms with E-state index in [1.54, 1.807) is 0 Å². The summed E-state index contributed by atoms with van der Waals surface area (Å²) in [5, 5.41) is 11.8. The Morgan fingerprint density at radius 1 is 1.38 bits per heavy atom. The average Bonchev–Trinajstić information content (AvgIpc) is 2.88. The Balaban J connectivity index is 1.57. The summed E-state index contributed by atoms with van der Waals surface area (Å²) >= 11 is 0. The first-order chi connectivity index (χ1) is 10.1. The van der Waals surface area contributed by atoms with Gasteiger partial charge in [0.2, 0.25) is 5.91 Å². The third-order valence-corrected chi connectivity index (χ3v) is 4.31. The Morgan fingerprint density at radius 2 is 2.14 bits per heavy atom. The van der Waals surface area contributed by atoms with E-state index in [0.717, 1.165) is 31.0 Å². The monoisotopic (exact) mass is 293 g/mol. The molecule has 21 heavy (non-hydrogen) atoms. The second-order valence-electron chi connectivity index (χ2n) is 5.84. The smallest absolute Gasteiger partial charge is 0.239 e. The third kappa shape index (κ3) is 3.08. The first-order valence-corrected chi connectivity index (χ1v) is 7.66. The van der Waals surface area contributed by atoms with Crippen molar-refractivity contribution >= 4 is 5.91 Å². The number of fused-ring (bicyclic) bond motifs is 1. The Kier molecular flexibility index (Phi) is 4.21. The SMILES string of the molecule is Cc1nnc2n1C[C@H](N[C@@H](C)C(=O)N1CCOCC1)CC2. The lowest BCUT2D eigenvalue weighted by Crippen LogP contribution is -2.52. The molecule has 1 amide bonds. The van der Waals surface area contributed by atoms with Crippen LogP contribution in [0.25, 0.3) is 0 Å². The number of carbonyl (C=O) groups is 1. The molecule has 1 aromatic rings. The molecule has 7 nitrogen and oxygen atoms in total. The molecule has 2 aliphatic heterocycles. The molecular formula is C14H23N5O2. The fourth-order valence-corrected chi connectivity index (χ4v) is 3.08. The largest absolute Gasteiger partial charge is 0.378 e. The molecule has 0 unspecified atom stereocenters. The molecule has 0 saturated carbocycles. The van der Waals surface area contributed by atoms with Crippen molar-refractivity contribution < 1.29 is 9.53 Å². The molecule has 1 N–H and O–H groups in total. The van der Waals surface area contributed by atoms with Crippen LogP contribution in [0.1, 0.15) is 25.0 Å². The van der Waals surface area contributed by atoms with Crippen LogP contribution in [0.4, 0.5) is 0 Å². The number of aromatic nitrogens is 3. The van der Waals surface area contributed by atoms with Crippen molar-refractivity contribution in [1.82, 2.24) is 25.0 Å². The zero-order valence-corrected chi connectivity index (χ0v) is 12.7. The highest BCUT2D eigenvalue weighted by atomic mass is 16.5. The van der Waals surface area contributed by atoms with Crippen molar-refractivity contribution in [3.05, 3.63) is 11.6 Å². The van der Waals surface area contributed by atoms with Crippen LogP contribution in [0.3, 0.4) is 0 Å². The summed E-state index contributed by atoms with van der Waals surface area (Å²) in [5.41, 5.74) is 0. The number of aryl methyl sites for hydroxylation is 2. The topological polar surface area (TPSA) is 72.3 Å². The Morgan fingerprint density at radius 3 is 2.90 bits per heavy atom. The lowest BCUT2D eigenvalue weighted by Gasteiger charge is -2.32. The summed E-state index contributed by atoms with van der Waals surface area (Å²) in [7, 11) is 0. The van der Waals surface area contributed by atoms with Crippen LogP contribution in [-0.2, 0) is 22.5 Å². The predicted molar refractivity (Wildman–Crippen MR) is 76.9 cm³/mol. The highest BCUT2D eigenvalue weighted by molar-refractivity contribution is 5.81. The minimum absolute atomic E-state index is 0.161. The summed E-state index contributed by atoms with van der Waals surface area (Å²) in [5.74, 6) is 2.17. The maximum atomic E-state index is 12.4. The van der Waals surface area contributed by atoms with Crippen molar-refractivity contribution in [2.45, 2.75) is 45.3 Å². The van der Waals surface area contributed by atoms with Crippen molar-refractivity contribution in [1.29, 1.82) is 0 Å². The summed E-state index contributed by atoms with van der Waals surface area (Å²) in [6.07, 6.45) is 1.91. The van der Waals surface area contributed by atoms with Crippen molar-refractivity contribution in [2.24, 2.45) is 0 Å². The van der Waals surface area contributed by atoms with E-state index in [1.807, 2.05) is 18.7 Å². The van der Waals surface area contributed by atoms with Crippen molar-refractivity contribution in [3.8, 4) is 0 Å². The van der Waals surface area contributed by atoms with Gasteiger partial charge in [0.1, 0.15) is 11.6 Å². The molecule has 3 heterocycles. The summed E-state index contributed by atoms with van der Waals surface area (Å²) < 4.78 is 7.44. The molecule has 0 spiro atoms. The van der Waals surface area contributed by atoms with E-state index in [2.05, 4.69) is 20.1 Å². The average molecular weight is 293 g/mol. The van der Waals surface area contributed by atoms with E-state index in [9.17, 15) is 4.79 Å².